The SMILES string of the molecule is CO[C@]1(c2ccnc(C(N)=O)c2)[C@@H]2CCC[C@H]1CN(C(C)C)C2.Cl. The number of carbonyl (C=O) groups is 1. The number of amides is 1. The molecule has 3 atom stereocenters. The molecule has 2 fully saturated rings. The fraction of sp³-hybridized carbons (Fsp3) is 0.667. The minimum absolute atomic E-state index is 0. The van der Waals surface area contributed by atoms with Gasteiger partial charge in [-0.15, -0.1) is 12.4 Å². The molecule has 1 aromatic rings. The average Bonchev–Trinajstić information content (AvgIpc) is 2.53. The number of ether oxygens (including phenoxy) is 1. The van der Waals surface area contributed by atoms with Crippen LogP contribution in [0.4, 0.5) is 0 Å². The van der Waals surface area contributed by atoms with Gasteiger partial charge in [-0.1, -0.05) is 6.42 Å². The number of hydrogen-bond acceptors (Lipinski definition) is 4. The molecule has 2 heterocycles. The summed E-state index contributed by atoms with van der Waals surface area (Å²) in [4.78, 5) is 18.2. The van der Waals surface area contributed by atoms with Gasteiger partial charge >= 0.3 is 0 Å². The molecule has 134 valence electrons. The van der Waals surface area contributed by atoms with Crippen LogP contribution in [0.25, 0.3) is 0 Å². The Labute approximate surface area is 150 Å². The van der Waals surface area contributed by atoms with Crippen LogP contribution in [0.3, 0.4) is 0 Å². The van der Waals surface area contributed by atoms with Gasteiger partial charge in [-0.05, 0) is 44.4 Å². The highest BCUT2D eigenvalue weighted by Crippen LogP contribution is 2.51. The lowest BCUT2D eigenvalue weighted by atomic mass is 9.62. The maximum Gasteiger partial charge on any atom is 0.267 e. The largest absolute Gasteiger partial charge is 0.373 e. The van der Waals surface area contributed by atoms with E-state index in [-0.39, 0.29) is 18.0 Å². The van der Waals surface area contributed by atoms with Crippen LogP contribution in [0.5, 0.6) is 0 Å². The number of nitrogens with two attached hydrogens (primary N) is 1. The monoisotopic (exact) mass is 353 g/mol. The molecule has 3 rings (SSSR count). The normalized spacial score (nSPS) is 30.0. The third-order valence-electron chi connectivity index (χ3n) is 5.76. The van der Waals surface area contributed by atoms with E-state index in [1.807, 2.05) is 12.1 Å². The molecule has 5 nitrogen and oxygen atoms in total. The first-order valence-corrected chi connectivity index (χ1v) is 8.54. The quantitative estimate of drug-likeness (QED) is 0.903. The minimum atomic E-state index is -0.483. The number of hydrogen-bond donors (Lipinski definition) is 1. The predicted molar refractivity (Wildman–Crippen MR) is 96.2 cm³/mol. The molecule has 1 saturated heterocycles. The molecule has 2 aliphatic rings. The molecule has 1 aliphatic heterocycles. The minimum Gasteiger partial charge on any atom is -0.373 e. The smallest absolute Gasteiger partial charge is 0.267 e. The molecule has 2 N–H and O–H groups in total. The van der Waals surface area contributed by atoms with Crippen molar-refractivity contribution >= 4 is 18.3 Å². The van der Waals surface area contributed by atoms with Gasteiger partial charge in [0.05, 0.1) is 0 Å². The van der Waals surface area contributed by atoms with Crippen LogP contribution in [-0.4, -0.2) is 42.0 Å². The van der Waals surface area contributed by atoms with Gasteiger partial charge in [-0.3, -0.25) is 9.78 Å². The summed E-state index contributed by atoms with van der Waals surface area (Å²) >= 11 is 0. The number of piperidine rings is 1. The number of rotatable bonds is 4. The van der Waals surface area contributed by atoms with Gasteiger partial charge in [-0.25, -0.2) is 0 Å². The maximum absolute atomic E-state index is 11.5. The van der Waals surface area contributed by atoms with Crippen LogP contribution in [0.2, 0.25) is 0 Å². The Morgan fingerprint density at radius 1 is 1.38 bits per heavy atom. The summed E-state index contributed by atoms with van der Waals surface area (Å²) in [6, 6.07) is 4.38. The first-order chi connectivity index (χ1) is 11.0. The standard InChI is InChI=1S/C18H27N3O2.ClH/c1-12(2)21-10-14-5-4-6-15(11-21)18(14,23-3)13-7-8-20-16(9-13)17(19)22;/h7-9,12,14-15H,4-6,10-11H2,1-3H3,(H2,19,22);1H/t14-,15+,18-;. The molecule has 6 heteroatoms. The second kappa shape index (κ2) is 7.38. The fourth-order valence-electron chi connectivity index (χ4n) is 4.62. The van der Waals surface area contributed by atoms with Crippen LogP contribution in [0, 0.1) is 11.8 Å². The lowest BCUT2D eigenvalue weighted by Gasteiger charge is -2.56. The second-order valence-electron chi connectivity index (χ2n) is 7.16. The van der Waals surface area contributed by atoms with Gasteiger partial charge in [0.1, 0.15) is 11.3 Å². The van der Waals surface area contributed by atoms with Crippen LogP contribution >= 0.6 is 12.4 Å². The first kappa shape index (κ1) is 19.2. The Kier molecular flexibility index (Phi) is 5.89. The molecule has 24 heavy (non-hydrogen) atoms. The zero-order valence-electron chi connectivity index (χ0n) is 14.7. The van der Waals surface area contributed by atoms with Crippen molar-refractivity contribution in [1.29, 1.82) is 0 Å². The van der Waals surface area contributed by atoms with Crippen LogP contribution in [-0.2, 0) is 10.3 Å². The predicted octanol–water partition coefficient (Wildman–Crippen LogP) is 2.58. The van der Waals surface area contributed by atoms with Gasteiger partial charge in [0.15, 0.2) is 0 Å². The van der Waals surface area contributed by atoms with Gasteiger partial charge < -0.3 is 15.4 Å². The molecule has 2 bridgehead atoms. The van der Waals surface area contributed by atoms with Gasteiger partial charge in [-0.2, -0.15) is 0 Å². The average molecular weight is 354 g/mol. The molecule has 0 spiro atoms. The molecule has 0 radical (unpaired) electrons. The van der Waals surface area contributed by atoms with E-state index in [1.165, 1.54) is 6.42 Å². The highest BCUT2D eigenvalue weighted by Gasteiger charge is 2.53. The molecule has 1 saturated carbocycles. The molecular formula is C18H28ClN3O2. The lowest BCUT2D eigenvalue weighted by molar-refractivity contribution is -0.172. The number of fused-ring (bicyclic) bond motifs is 2. The molecule has 0 aromatic carbocycles. The lowest BCUT2D eigenvalue weighted by Crippen LogP contribution is -2.60. The van der Waals surface area contributed by atoms with Gasteiger partial charge in [0.2, 0.25) is 0 Å². The van der Waals surface area contributed by atoms with E-state index in [0.717, 1.165) is 31.5 Å². The molecule has 0 unspecified atom stereocenters. The third-order valence-corrected chi connectivity index (χ3v) is 5.76. The number of methoxy groups -OCH3 is 1. The summed E-state index contributed by atoms with van der Waals surface area (Å²) in [6.07, 6.45) is 5.24. The highest BCUT2D eigenvalue weighted by atomic mass is 35.5. The van der Waals surface area contributed by atoms with E-state index in [1.54, 1.807) is 13.3 Å². The number of pyridine rings is 1. The zero-order chi connectivity index (χ0) is 16.6. The van der Waals surface area contributed by atoms with E-state index in [0.29, 0.717) is 23.6 Å². The highest BCUT2D eigenvalue weighted by molar-refractivity contribution is 5.90. The van der Waals surface area contributed by atoms with E-state index < -0.39 is 5.91 Å². The first-order valence-electron chi connectivity index (χ1n) is 8.54. The van der Waals surface area contributed by atoms with Crippen molar-refractivity contribution in [3.8, 4) is 0 Å². The van der Waals surface area contributed by atoms with Crippen molar-refractivity contribution < 1.29 is 9.53 Å². The van der Waals surface area contributed by atoms with Crippen molar-refractivity contribution in [3.63, 3.8) is 0 Å². The Bertz CT molecular complexity index is 579. The van der Waals surface area contributed by atoms with Gasteiger partial charge in [0.25, 0.3) is 5.91 Å². The van der Waals surface area contributed by atoms with Crippen LogP contribution in [0.1, 0.15) is 49.2 Å². The number of likely N-dealkylation sites (tertiary alicyclic amines) is 1. The molecular weight excluding hydrogens is 326 g/mol. The second-order valence-corrected chi connectivity index (χ2v) is 7.16. The van der Waals surface area contributed by atoms with Crippen molar-refractivity contribution in [1.82, 2.24) is 9.88 Å². The van der Waals surface area contributed by atoms with Crippen molar-refractivity contribution in [2.75, 3.05) is 20.2 Å². The Balaban J connectivity index is 0.00000208. The van der Waals surface area contributed by atoms with Crippen molar-refractivity contribution in [2.45, 2.75) is 44.8 Å². The summed E-state index contributed by atoms with van der Waals surface area (Å²) < 4.78 is 6.19. The number of nitrogens with zero attached hydrogens (tertiary/aromatic N) is 2. The molecule has 1 aliphatic carbocycles. The topological polar surface area (TPSA) is 68.5 Å². The Hall–Kier alpha value is -1.17. The van der Waals surface area contributed by atoms with Crippen LogP contribution < -0.4 is 5.73 Å². The summed E-state index contributed by atoms with van der Waals surface area (Å²) in [5.41, 5.74) is 6.48. The summed E-state index contributed by atoms with van der Waals surface area (Å²) in [6.45, 7) is 6.59. The number of halogens is 1. The number of carbonyl (C=O) groups excluding carboxylic acids is 1. The Morgan fingerprint density at radius 3 is 2.50 bits per heavy atom. The third kappa shape index (κ3) is 3.05. The molecule has 1 amide bonds. The Morgan fingerprint density at radius 2 is 2.00 bits per heavy atom. The fourth-order valence-corrected chi connectivity index (χ4v) is 4.62. The van der Waals surface area contributed by atoms with E-state index >= 15 is 0 Å². The number of primary amides is 1. The summed E-state index contributed by atoms with van der Waals surface area (Å²) in [7, 11) is 1.81. The van der Waals surface area contributed by atoms with E-state index in [4.69, 9.17) is 10.5 Å². The summed E-state index contributed by atoms with van der Waals surface area (Å²) in [5, 5.41) is 0. The van der Waals surface area contributed by atoms with E-state index in [2.05, 4.69) is 23.7 Å². The number of aromatic nitrogens is 1. The van der Waals surface area contributed by atoms with E-state index in [9.17, 15) is 4.79 Å². The molecule has 1 aromatic heterocycles. The maximum atomic E-state index is 11.5. The zero-order valence-corrected chi connectivity index (χ0v) is 15.5. The van der Waals surface area contributed by atoms with Crippen LogP contribution in [0.15, 0.2) is 18.3 Å². The van der Waals surface area contributed by atoms with Crippen molar-refractivity contribution in [2.24, 2.45) is 17.6 Å². The van der Waals surface area contributed by atoms with Gasteiger partial charge in [0, 0.05) is 44.3 Å². The van der Waals surface area contributed by atoms with Crippen molar-refractivity contribution in [3.05, 3.63) is 29.6 Å². The summed E-state index contributed by atoms with van der Waals surface area (Å²) in [5.74, 6) is 0.388.